The van der Waals surface area contributed by atoms with Crippen LogP contribution in [0.15, 0.2) is 42.7 Å². The highest BCUT2D eigenvalue weighted by Crippen LogP contribution is 2.27. The van der Waals surface area contributed by atoms with E-state index in [4.69, 9.17) is 9.47 Å². The molecule has 0 radical (unpaired) electrons. The van der Waals surface area contributed by atoms with E-state index in [1.165, 1.54) is 6.20 Å². The molecule has 0 bridgehead atoms. The van der Waals surface area contributed by atoms with Gasteiger partial charge in [-0.1, -0.05) is 6.07 Å². The van der Waals surface area contributed by atoms with E-state index in [9.17, 15) is 9.59 Å². The van der Waals surface area contributed by atoms with E-state index in [1.54, 1.807) is 32.5 Å². The van der Waals surface area contributed by atoms with E-state index in [-0.39, 0.29) is 24.5 Å². The van der Waals surface area contributed by atoms with Crippen molar-refractivity contribution < 1.29 is 19.1 Å². The largest absolute Gasteiger partial charge is 0.493 e. The predicted octanol–water partition coefficient (Wildman–Crippen LogP) is 2.42. The van der Waals surface area contributed by atoms with Gasteiger partial charge in [-0.05, 0) is 36.2 Å². The van der Waals surface area contributed by atoms with Gasteiger partial charge in [0.15, 0.2) is 17.3 Å². The van der Waals surface area contributed by atoms with Gasteiger partial charge in [0.05, 0.1) is 14.2 Å². The minimum absolute atomic E-state index is 0.0804. The Morgan fingerprint density at radius 3 is 2.56 bits per heavy atom. The van der Waals surface area contributed by atoms with Crippen molar-refractivity contribution in [3.05, 3.63) is 53.9 Å². The minimum atomic E-state index is -0.141. The van der Waals surface area contributed by atoms with Gasteiger partial charge in [0.25, 0.3) is 0 Å². The number of methoxy groups -OCH3 is 2. The molecule has 0 aliphatic heterocycles. The van der Waals surface area contributed by atoms with Crippen molar-refractivity contribution in [2.45, 2.75) is 19.3 Å². The van der Waals surface area contributed by atoms with Gasteiger partial charge in [0.1, 0.15) is 0 Å². The molecule has 0 unspecified atom stereocenters. The van der Waals surface area contributed by atoms with Crippen molar-refractivity contribution in [3.63, 3.8) is 0 Å². The van der Waals surface area contributed by atoms with Gasteiger partial charge < -0.3 is 14.8 Å². The van der Waals surface area contributed by atoms with Crippen LogP contribution < -0.4 is 14.8 Å². The molecule has 1 amide bonds. The maximum atomic E-state index is 11.9. The van der Waals surface area contributed by atoms with E-state index in [0.717, 1.165) is 5.56 Å². The number of nitrogens with zero attached hydrogens (tertiary/aromatic N) is 1. The molecule has 0 aliphatic rings. The number of amides is 1. The van der Waals surface area contributed by atoms with E-state index in [2.05, 4.69) is 10.3 Å². The van der Waals surface area contributed by atoms with Gasteiger partial charge in [-0.15, -0.1) is 0 Å². The van der Waals surface area contributed by atoms with Crippen LogP contribution in [-0.4, -0.2) is 37.4 Å². The highest BCUT2D eigenvalue weighted by Gasteiger charge is 2.09. The first kappa shape index (κ1) is 18.4. The second-order valence-corrected chi connectivity index (χ2v) is 5.45. The Bertz CT molecular complexity index is 717. The zero-order valence-corrected chi connectivity index (χ0v) is 14.5. The summed E-state index contributed by atoms with van der Waals surface area (Å²) < 4.78 is 10.4. The fraction of sp³-hybridized carbons (Fsp3) is 0.316. The lowest BCUT2D eigenvalue weighted by molar-refractivity contribution is -0.121. The lowest BCUT2D eigenvalue weighted by atomic mass is 10.1. The second-order valence-electron chi connectivity index (χ2n) is 5.45. The Hall–Kier alpha value is -2.89. The van der Waals surface area contributed by atoms with Crippen LogP contribution in [0.25, 0.3) is 0 Å². The van der Waals surface area contributed by atoms with Crippen molar-refractivity contribution in [1.29, 1.82) is 0 Å². The van der Waals surface area contributed by atoms with Crippen LogP contribution >= 0.6 is 0 Å². The van der Waals surface area contributed by atoms with E-state index < -0.39 is 0 Å². The molecule has 0 spiro atoms. The summed E-state index contributed by atoms with van der Waals surface area (Å²) in [5.74, 6) is 1.11. The molecular formula is C19H22N2O4. The Morgan fingerprint density at radius 2 is 1.88 bits per heavy atom. The van der Waals surface area contributed by atoms with Crippen LogP contribution in [-0.2, 0) is 11.2 Å². The summed E-state index contributed by atoms with van der Waals surface area (Å²) in [6.45, 7) is 0.495. The molecule has 0 saturated carbocycles. The molecule has 6 heteroatoms. The summed E-state index contributed by atoms with van der Waals surface area (Å²) in [6.07, 6.45) is 4.13. The van der Waals surface area contributed by atoms with Crippen molar-refractivity contribution in [2.24, 2.45) is 0 Å². The summed E-state index contributed by atoms with van der Waals surface area (Å²) in [4.78, 5) is 27.7. The second kappa shape index (κ2) is 9.42. The van der Waals surface area contributed by atoms with Crippen LogP contribution in [0.1, 0.15) is 28.8 Å². The zero-order valence-electron chi connectivity index (χ0n) is 14.5. The average Bonchev–Trinajstić information content (AvgIpc) is 2.66. The van der Waals surface area contributed by atoms with Gasteiger partial charge in [-0.3, -0.25) is 14.6 Å². The number of Topliss-reactive ketones (excluding diaryl/α,β-unsaturated/α-hetero) is 1. The molecule has 1 heterocycles. The Morgan fingerprint density at radius 1 is 1.08 bits per heavy atom. The number of ketones is 1. The maximum Gasteiger partial charge on any atom is 0.220 e. The fourth-order valence-electron chi connectivity index (χ4n) is 2.37. The van der Waals surface area contributed by atoms with Crippen molar-refractivity contribution in [2.75, 3.05) is 20.8 Å². The smallest absolute Gasteiger partial charge is 0.220 e. The Labute approximate surface area is 147 Å². The third-order valence-electron chi connectivity index (χ3n) is 3.75. The number of carbonyl (C=O) groups excluding carboxylic acids is 2. The number of benzene rings is 1. The molecule has 0 atom stereocenters. The molecule has 25 heavy (non-hydrogen) atoms. The molecule has 1 aromatic heterocycles. The lowest BCUT2D eigenvalue weighted by Crippen LogP contribution is -2.26. The number of hydrogen-bond donors (Lipinski definition) is 1. The van der Waals surface area contributed by atoms with E-state index >= 15 is 0 Å². The summed E-state index contributed by atoms with van der Waals surface area (Å²) >= 11 is 0. The summed E-state index contributed by atoms with van der Waals surface area (Å²) in [7, 11) is 3.17. The highest BCUT2D eigenvalue weighted by molar-refractivity contribution is 5.97. The quantitative estimate of drug-likeness (QED) is 0.708. The molecule has 2 aromatic rings. The molecular weight excluding hydrogens is 320 g/mol. The number of pyridine rings is 1. The number of aromatic nitrogens is 1. The number of nitrogens with one attached hydrogen (secondary N) is 1. The van der Waals surface area contributed by atoms with E-state index in [1.807, 2.05) is 18.2 Å². The first-order valence-electron chi connectivity index (χ1n) is 8.05. The fourth-order valence-corrected chi connectivity index (χ4v) is 2.37. The van der Waals surface area contributed by atoms with Crippen LogP contribution in [0, 0.1) is 0 Å². The van der Waals surface area contributed by atoms with Gasteiger partial charge in [-0.2, -0.15) is 0 Å². The summed E-state index contributed by atoms with van der Waals surface area (Å²) in [5, 5.41) is 2.83. The molecule has 0 aliphatic carbocycles. The number of ether oxygens (including phenoxy) is 2. The first-order chi connectivity index (χ1) is 12.1. The molecule has 1 aromatic carbocycles. The first-order valence-corrected chi connectivity index (χ1v) is 8.05. The zero-order chi connectivity index (χ0) is 18.1. The Kier molecular flexibility index (Phi) is 6.95. The van der Waals surface area contributed by atoms with Gasteiger partial charge in [0.2, 0.25) is 5.91 Å². The number of hydrogen-bond acceptors (Lipinski definition) is 5. The van der Waals surface area contributed by atoms with Crippen molar-refractivity contribution >= 4 is 11.7 Å². The normalized spacial score (nSPS) is 10.2. The lowest BCUT2D eigenvalue weighted by Gasteiger charge is -2.10. The third-order valence-corrected chi connectivity index (χ3v) is 3.75. The number of rotatable bonds is 9. The van der Waals surface area contributed by atoms with Gasteiger partial charge in [-0.25, -0.2) is 0 Å². The molecule has 132 valence electrons. The van der Waals surface area contributed by atoms with Crippen LogP contribution in [0.4, 0.5) is 0 Å². The van der Waals surface area contributed by atoms with Crippen LogP contribution in [0.5, 0.6) is 11.5 Å². The monoisotopic (exact) mass is 342 g/mol. The summed E-state index contributed by atoms with van der Waals surface area (Å²) in [6, 6.07) is 9.06. The number of carbonyl (C=O) groups is 2. The molecule has 2 rings (SSSR count). The average molecular weight is 342 g/mol. The highest BCUT2D eigenvalue weighted by atomic mass is 16.5. The standard InChI is InChI=1S/C19H22N2O4/c1-24-17-7-5-14(12-18(17)25-2)9-11-21-19(23)8-6-16(22)15-4-3-10-20-13-15/h3-5,7,10,12-13H,6,8-9,11H2,1-2H3,(H,21,23). The molecule has 1 N–H and O–H groups in total. The molecule has 0 fully saturated rings. The third kappa shape index (κ3) is 5.60. The molecule has 0 saturated heterocycles. The maximum absolute atomic E-state index is 11.9. The molecule has 6 nitrogen and oxygen atoms in total. The summed E-state index contributed by atoms with van der Waals surface area (Å²) in [5.41, 5.74) is 1.56. The predicted molar refractivity (Wildman–Crippen MR) is 94.1 cm³/mol. The SMILES string of the molecule is COc1ccc(CCNC(=O)CCC(=O)c2cccnc2)cc1OC. The van der Waals surface area contributed by atoms with E-state index in [0.29, 0.717) is 30.0 Å². The minimum Gasteiger partial charge on any atom is -0.493 e. The van der Waals surface area contributed by atoms with Crippen LogP contribution in [0.3, 0.4) is 0 Å². The van der Waals surface area contributed by atoms with Gasteiger partial charge >= 0.3 is 0 Å². The van der Waals surface area contributed by atoms with Gasteiger partial charge in [0, 0.05) is 37.3 Å². The van der Waals surface area contributed by atoms with Crippen molar-refractivity contribution in [3.8, 4) is 11.5 Å². The van der Waals surface area contributed by atoms with Crippen LogP contribution in [0.2, 0.25) is 0 Å². The Balaban J connectivity index is 1.74. The van der Waals surface area contributed by atoms with Crippen molar-refractivity contribution in [1.82, 2.24) is 10.3 Å². The topological polar surface area (TPSA) is 77.5 Å².